The number of nitrogens with one attached hydrogen (secondary N) is 2. The van der Waals surface area contributed by atoms with Crippen molar-refractivity contribution in [2.24, 2.45) is 7.05 Å². The molecule has 0 radical (unpaired) electrons. The fourth-order valence-electron chi connectivity index (χ4n) is 7.48. The summed E-state index contributed by atoms with van der Waals surface area (Å²) in [7, 11) is 5.60. The number of fused-ring (bicyclic) bond motifs is 1. The van der Waals surface area contributed by atoms with Crippen molar-refractivity contribution in [2.45, 2.75) is 32.2 Å². The van der Waals surface area contributed by atoms with Crippen molar-refractivity contribution in [2.75, 3.05) is 82.3 Å². The monoisotopic (exact) mass is 769 g/mol. The van der Waals surface area contributed by atoms with Gasteiger partial charge in [-0.15, -0.1) is 0 Å². The molecule has 0 amide bonds. The Morgan fingerprint density at radius 3 is 2.45 bits per heavy atom. The Hall–Kier alpha value is -3.76. The van der Waals surface area contributed by atoms with Gasteiger partial charge < -0.3 is 29.7 Å². The lowest BCUT2D eigenvalue weighted by Gasteiger charge is -2.43. The normalized spacial score (nSPS) is 16.3. The van der Waals surface area contributed by atoms with Gasteiger partial charge in [-0.05, 0) is 102 Å². The van der Waals surface area contributed by atoms with Crippen molar-refractivity contribution in [1.29, 1.82) is 0 Å². The van der Waals surface area contributed by atoms with Crippen LogP contribution in [0.1, 0.15) is 25.3 Å². The molecule has 0 spiro atoms. The summed E-state index contributed by atoms with van der Waals surface area (Å²) >= 11 is 3.70. The maximum absolute atomic E-state index is 5.96. The standard InChI is InChI=1S/C39H49BrN9OP/c1-7-26-21-32(35(50-4)23-34(26)49-15-12-28(13-16-49)48-19-17-46(2)18-20-48)44-39-42-24-30(40)38(45-39)43-31-11-10-27(22-36(31)51(5)6)29-25-47(3)33-9-8-14-41-37(29)33/h8-11,14,21-25,28H,7,12-13,15-20H2,1-6H3,(H2,42,43,44,45). The highest BCUT2D eigenvalue weighted by Gasteiger charge is 2.28. The molecule has 3 aromatic heterocycles. The van der Waals surface area contributed by atoms with Gasteiger partial charge in [0.05, 0.1) is 28.3 Å². The molecule has 2 aliphatic rings. The fourth-order valence-corrected chi connectivity index (χ4v) is 8.78. The Morgan fingerprint density at radius 2 is 1.73 bits per heavy atom. The predicted octanol–water partition coefficient (Wildman–Crippen LogP) is 7.43. The van der Waals surface area contributed by atoms with Crippen LogP contribution in [-0.4, -0.2) is 102 Å². The highest BCUT2D eigenvalue weighted by Crippen LogP contribution is 2.39. The van der Waals surface area contributed by atoms with Crippen molar-refractivity contribution >= 4 is 69.0 Å². The SMILES string of the molecule is CCc1cc(Nc2ncc(Br)c(Nc3ccc(-c4cn(C)c5cccnc45)cc3P(C)C)n2)c(OC)cc1N1CCC(N2CCN(C)CC2)CC1. The quantitative estimate of drug-likeness (QED) is 0.141. The molecule has 2 saturated heterocycles. The van der Waals surface area contributed by atoms with E-state index in [9.17, 15) is 0 Å². The topological polar surface area (TPSA) is 86.6 Å². The molecule has 268 valence electrons. The van der Waals surface area contributed by atoms with Crippen LogP contribution < -0.4 is 25.6 Å². The van der Waals surface area contributed by atoms with Crippen LogP contribution in [0.5, 0.6) is 5.75 Å². The first-order valence-electron chi connectivity index (χ1n) is 17.9. The summed E-state index contributed by atoms with van der Waals surface area (Å²) in [5, 5.41) is 8.35. The van der Waals surface area contributed by atoms with E-state index in [0.29, 0.717) is 17.8 Å². The molecular weight excluding hydrogens is 721 g/mol. The molecule has 51 heavy (non-hydrogen) atoms. The highest BCUT2D eigenvalue weighted by atomic mass is 79.9. The molecule has 0 bridgehead atoms. The summed E-state index contributed by atoms with van der Waals surface area (Å²) in [6.45, 7) is 13.6. The van der Waals surface area contributed by atoms with Crippen LogP contribution in [0.3, 0.4) is 0 Å². The maximum atomic E-state index is 5.96. The molecule has 2 aliphatic heterocycles. The van der Waals surface area contributed by atoms with Gasteiger partial charge in [-0.3, -0.25) is 9.88 Å². The van der Waals surface area contributed by atoms with Gasteiger partial charge in [-0.25, -0.2) is 4.98 Å². The minimum atomic E-state index is -0.430. The van der Waals surface area contributed by atoms with Gasteiger partial charge in [-0.1, -0.05) is 20.9 Å². The van der Waals surface area contributed by atoms with Crippen molar-refractivity contribution in [3.05, 3.63) is 71.1 Å². The second kappa shape index (κ2) is 15.5. The minimum Gasteiger partial charge on any atom is -0.494 e. The van der Waals surface area contributed by atoms with Crippen LogP contribution in [0.25, 0.3) is 22.2 Å². The Morgan fingerprint density at radius 1 is 0.941 bits per heavy atom. The largest absolute Gasteiger partial charge is 0.494 e. The lowest BCUT2D eigenvalue weighted by molar-refractivity contribution is 0.0982. The van der Waals surface area contributed by atoms with E-state index in [1.165, 1.54) is 55.6 Å². The second-order valence-electron chi connectivity index (χ2n) is 13.9. The van der Waals surface area contributed by atoms with Crippen LogP contribution in [0.2, 0.25) is 0 Å². The lowest BCUT2D eigenvalue weighted by Crippen LogP contribution is -2.52. The van der Waals surface area contributed by atoms with Crippen molar-refractivity contribution in [3.63, 3.8) is 0 Å². The third-order valence-corrected chi connectivity index (χ3v) is 12.3. The van der Waals surface area contributed by atoms with Gasteiger partial charge in [-0.2, -0.15) is 4.98 Å². The van der Waals surface area contributed by atoms with Crippen LogP contribution in [-0.2, 0) is 13.5 Å². The molecule has 10 nitrogen and oxygen atoms in total. The predicted molar refractivity (Wildman–Crippen MR) is 218 cm³/mol. The fraction of sp³-hybridized carbons (Fsp3) is 0.410. The average Bonchev–Trinajstić information content (AvgIpc) is 3.49. The zero-order valence-corrected chi connectivity index (χ0v) is 33.1. The van der Waals surface area contributed by atoms with Gasteiger partial charge in [0.1, 0.15) is 11.6 Å². The molecule has 2 aromatic carbocycles. The number of anilines is 5. The third-order valence-electron chi connectivity index (χ3n) is 10.4. The molecule has 7 rings (SSSR count). The van der Waals surface area contributed by atoms with E-state index in [-0.39, 0.29) is 0 Å². The summed E-state index contributed by atoms with van der Waals surface area (Å²) in [6, 6.07) is 15.8. The number of methoxy groups -OCH3 is 1. The number of piperidine rings is 1. The smallest absolute Gasteiger partial charge is 0.229 e. The molecular formula is C39H49BrN9OP. The van der Waals surface area contributed by atoms with E-state index in [1.54, 1.807) is 13.3 Å². The van der Waals surface area contributed by atoms with Gasteiger partial charge in [0, 0.05) is 94.0 Å². The average molecular weight is 771 g/mol. The van der Waals surface area contributed by atoms with Crippen molar-refractivity contribution in [1.82, 2.24) is 29.3 Å². The number of benzene rings is 2. The van der Waals surface area contributed by atoms with Gasteiger partial charge in [0.2, 0.25) is 5.95 Å². The van der Waals surface area contributed by atoms with E-state index in [1.807, 2.05) is 12.3 Å². The van der Waals surface area contributed by atoms with Crippen LogP contribution in [0.4, 0.5) is 28.8 Å². The third kappa shape index (κ3) is 7.58. The Balaban J connectivity index is 1.10. The number of ether oxygens (including phenoxy) is 1. The van der Waals surface area contributed by atoms with E-state index in [4.69, 9.17) is 14.7 Å². The Bertz CT molecular complexity index is 2000. The zero-order chi connectivity index (χ0) is 35.6. The summed E-state index contributed by atoms with van der Waals surface area (Å²) < 4.78 is 8.88. The summed E-state index contributed by atoms with van der Waals surface area (Å²) in [4.78, 5) is 21.9. The molecule has 2 fully saturated rings. The summed E-state index contributed by atoms with van der Waals surface area (Å²) in [5.74, 6) is 1.98. The second-order valence-corrected chi connectivity index (χ2v) is 17.0. The minimum absolute atomic E-state index is 0.430. The van der Waals surface area contributed by atoms with E-state index >= 15 is 0 Å². The zero-order valence-electron chi connectivity index (χ0n) is 30.6. The number of piperazine rings is 1. The molecule has 5 heterocycles. The van der Waals surface area contributed by atoms with E-state index in [2.05, 4.69) is 128 Å². The molecule has 0 atom stereocenters. The number of aromatic nitrogens is 4. The number of likely N-dealkylation sites (N-methyl/N-ethyl adjacent to an activating group) is 1. The number of halogens is 1. The Kier molecular flexibility index (Phi) is 10.8. The van der Waals surface area contributed by atoms with Gasteiger partial charge in [0.25, 0.3) is 0 Å². The summed E-state index contributed by atoms with van der Waals surface area (Å²) in [5.41, 5.74) is 8.86. The first-order valence-corrected chi connectivity index (χ1v) is 20.9. The number of pyridine rings is 1. The van der Waals surface area contributed by atoms with Crippen LogP contribution in [0, 0.1) is 0 Å². The van der Waals surface area contributed by atoms with Crippen LogP contribution >= 0.6 is 23.9 Å². The van der Waals surface area contributed by atoms with Crippen LogP contribution in [0.15, 0.2) is 65.5 Å². The molecule has 2 N–H and O–H groups in total. The first kappa shape index (κ1) is 35.6. The number of aryl methyl sites for hydroxylation is 2. The lowest BCUT2D eigenvalue weighted by atomic mass is 9.99. The molecule has 12 heteroatoms. The molecule has 0 saturated carbocycles. The van der Waals surface area contributed by atoms with Gasteiger partial charge in [0.15, 0.2) is 0 Å². The highest BCUT2D eigenvalue weighted by molar-refractivity contribution is 9.10. The number of nitrogens with zero attached hydrogens (tertiary/aromatic N) is 7. The number of hydrogen-bond acceptors (Lipinski definition) is 9. The van der Waals surface area contributed by atoms with E-state index < -0.39 is 7.92 Å². The molecule has 0 unspecified atom stereocenters. The van der Waals surface area contributed by atoms with Crippen molar-refractivity contribution in [3.8, 4) is 16.9 Å². The first-order chi connectivity index (χ1) is 24.7. The van der Waals surface area contributed by atoms with Gasteiger partial charge >= 0.3 is 0 Å². The number of hydrogen-bond donors (Lipinski definition) is 2. The van der Waals surface area contributed by atoms with Crippen molar-refractivity contribution < 1.29 is 4.74 Å². The maximum Gasteiger partial charge on any atom is 0.229 e. The molecule has 0 aliphatic carbocycles. The number of rotatable bonds is 10. The summed E-state index contributed by atoms with van der Waals surface area (Å²) in [6.07, 6.45) is 9.13. The Labute approximate surface area is 311 Å². The molecule has 5 aromatic rings. The van der Waals surface area contributed by atoms with E-state index in [0.717, 1.165) is 63.3 Å².